The number of nitriles is 1. The SMILES string of the molecule is N#C/C(=C/Nc1ccccc1F)C(=O)Nc1ccc(Cl)cc1Cl. The van der Waals surface area contributed by atoms with Gasteiger partial charge in [0.1, 0.15) is 17.5 Å². The molecule has 0 saturated carbocycles. The van der Waals surface area contributed by atoms with E-state index in [1.807, 2.05) is 0 Å². The Morgan fingerprint density at radius 3 is 2.57 bits per heavy atom. The molecule has 0 heterocycles. The number of benzene rings is 2. The maximum absolute atomic E-state index is 13.5. The number of nitrogens with one attached hydrogen (secondary N) is 2. The highest BCUT2D eigenvalue weighted by Crippen LogP contribution is 2.25. The van der Waals surface area contributed by atoms with E-state index < -0.39 is 11.7 Å². The number of nitrogens with zero attached hydrogens (tertiary/aromatic N) is 1. The number of para-hydroxylation sites is 1. The van der Waals surface area contributed by atoms with Crippen molar-refractivity contribution in [1.29, 1.82) is 5.26 Å². The fourth-order valence-corrected chi connectivity index (χ4v) is 2.11. The molecule has 0 radical (unpaired) electrons. The molecule has 0 aliphatic rings. The Kier molecular flexibility index (Phi) is 5.58. The van der Waals surface area contributed by atoms with Gasteiger partial charge in [-0.25, -0.2) is 4.39 Å². The van der Waals surface area contributed by atoms with E-state index in [2.05, 4.69) is 10.6 Å². The van der Waals surface area contributed by atoms with Crippen molar-refractivity contribution < 1.29 is 9.18 Å². The second-order valence-corrected chi connectivity index (χ2v) is 5.22. The molecule has 2 N–H and O–H groups in total. The minimum absolute atomic E-state index is 0.151. The van der Waals surface area contributed by atoms with Gasteiger partial charge < -0.3 is 10.6 Å². The summed E-state index contributed by atoms with van der Waals surface area (Å²) >= 11 is 11.7. The van der Waals surface area contributed by atoms with E-state index in [0.29, 0.717) is 10.7 Å². The van der Waals surface area contributed by atoms with Crippen LogP contribution in [0.3, 0.4) is 0 Å². The lowest BCUT2D eigenvalue weighted by Crippen LogP contribution is -2.15. The van der Waals surface area contributed by atoms with Crippen molar-refractivity contribution in [1.82, 2.24) is 0 Å². The van der Waals surface area contributed by atoms with Crippen molar-refractivity contribution in [3.63, 3.8) is 0 Å². The fraction of sp³-hybridized carbons (Fsp3) is 0. The summed E-state index contributed by atoms with van der Waals surface area (Å²) in [6, 6.07) is 12.2. The van der Waals surface area contributed by atoms with E-state index in [4.69, 9.17) is 28.5 Å². The first kappa shape index (κ1) is 16.8. The minimum atomic E-state index is -0.680. The Morgan fingerprint density at radius 1 is 1.17 bits per heavy atom. The number of amides is 1. The highest BCUT2D eigenvalue weighted by Gasteiger charge is 2.12. The van der Waals surface area contributed by atoms with Crippen LogP contribution in [0.5, 0.6) is 0 Å². The third kappa shape index (κ3) is 4.46. The topological polar surface area (TPSA) is 64.9 Å². The average Bonchev–Trinajstić information content (AvgIpc) is 2.52. The van der Waals surface area contributed by atoms with Crippen LogP contribution >= 0.6 is 23.2 Å². The summed E-state index contributed by atoms with van der Waals surface area (Å²) in [5.74, 6) is -1.18. The smallest absolute Gasteiger partial charge is 0.267 e. The van der Waals surface area contributed by atoms with E-state index in [1.165, 1.54) is 30.3 Å². The first-order valence-corrected chi connectivity index (χ1v) is 7.14. The first-order chi connectivity index (χ1) is 11.0. The molecular formula is C16H10Cl2FN3O. The molecule has 0 spiro atoms. The van der Waals surface area contributed by atoms with Gasteiger partial charge in [0.2, 0.25) is 0 Å². The molecule has 4 nitrogen and oxygen atoms in total. The first-order valence-electron chi connectivity index (χ1n) is 6.39. The number of halogens is 3. The molecule has 116 valence electrons. The Morgan fingerprint density at radius 2 is 1.91 bits per heavy atom. The summed E-state index contributed by atoms with van der Waals surface area (Å²) in [4.78, 5) is 12.1. The second-order valence-electron chi connectivity index (χ2n) is 4.37. The normalized spacial score (nSPS) is 10.8. The predicted molar refractivity (Wildman–Crippen MR) is 88.8 cm³/mol. The van der Waals surface area contributed by atoms with Gasteiger partial charge in [-0.1, -0.05) is 35.3 Å². The summed E-state index contributed by atoms with van der Waals surface area (Å²) in [5.41, 5.74) is 0.227. The molecular weight excluding hydrogens is 340 g/mol. The highest BCUT2D eigenvalue weighted by atomic mass is 35.5. The Bertz CT molecular complexity index is 815. The molecule has 0 atom stereocenters. The van der Waals surface area contributed by atoms with E-state index in [-0.39, 0.29) is 16.3 Å². The van der Waals surface area contributed by atoms with Crippen molar-refractivity contribution >= 4 is 40.5 Å². The third-order valence-electron chi connectivity index (χ3n) is 2.79. The number of hydrogen-bond acceptors (Lipinski definition) is 3. The van der Waals surface area contributed by atoms with Crippen molar-refractivity contribution in [3.8, 4) is 6.07 Å². The maximum Gasteiger partial charge on any atom is 0.267 e. The number of anilines is 2. The van der Waals surface area contributed by atoms with Gasteiger partial charge in [0.15, 0.2) is 0 Å². The number of carbonyl (C=O) groups excluding carboxylic acids is 1. The molecule has 2 aromatic rings. The van der Waals surface area contributed by atoms with E-state index in [1.54, 1.807) is 18.2 Å². The van der Waals surface area contributed by atoms with Gasteiger partial charge in [0, 0.05) is 11.2 Å². The summed E-state index contributed by atoms with van der Waals surface area (Å²) in [5, 5.41) is 14.8. The lowest BCUT2D eigenvalue weighted by molar-refractivity contribution is -0.112. The minimum Gasteiger partial charge on any atom is -0.358 e. The predicted octanol–water partition coefficient (Wildman–Crippen LogP) is 4.59. The molecule has 0 fully saturated rings. The van der Waals surface area contributed by atoms with Gasteiger partial charge in [-0.3, -0.25) is 4.79 Å². The number of rotatable bonds is 4. The van der Waals surface area contributed by atoms with E-state index >= 15 is 0 Å². The quantitative estimate of drug-likeness (QED) is 0.626. The summed E-state index contributed by atoms with van der Waals surface area (Å²) in [6.45, 7) is 0. The third-order valence-corrected chi connectivity index (χ3v) is 3.34. The summed E-state index contributed by atoms with van der Waals surface area (Å²) < 4.78 is 13.5. The van der Waals surface area contributed by atoms with Crippen LogP contribution < -0.4 is 10.6 Å². The van der Waals surface area contributed by atoms with Gasteiger partial charge in [0.25, 0.3) is 5.91 Å². The fourth-order valence-electron chi connectivity index (χ4n) is 1.66. The van der Waals surface area contributed by atoms with Crippen LogP contribution in [0.15, 0.2) is 54.2 Å². The Balaban J connectivity index is 2.14. The zero-order valence-corrected chi connectivity index (χ0v) is 13.1. The summed E-state index contributed by atoms with van der Waals surface area (Å²) in [6.07, 6.45) is 1.12. The van der Waals surface area contributed by atoms with Gasteiger partial charge in [-0.05, 0) is 30.3 Å². The lowest BCUT2D eigenvalue weighted by atomic mass is 10.2. The molecule has 0 saturated heterocycles. The van der Waals surface area contributed by atoms with E-state index in [9.17, 15) is 9.18 Å². The van der Waals surface area contributed by atoms with Crippen LogP contribution in [0.25, 0.3) is 0 Å². The summed E-state index contributed by atoms with van der Waals surface area (Å²) in [7, 11) is 0. The van der Waals surface area contributed by atoms with Gasteiger partial charge in [0.05, 0.1) is 16.4 Å². The molecule has 0 aliphatic carbocycles. The molecule has 23 heavy (non-hydrogen) atoms. The highest BCUT2D eigenvalue weighted by molar-refractivity contribution is 6.36. The van der Waals surface area contributed by atoms with Crippen LogP contribution in [0, 0.1) is 17.1 Å². The maximum atomic E-state index is 13.5. The van der Waals surface area contributed by atoms with E-state index in [0.717, 1.165) is 6.20 Å². The van der Waals surface area contributed by atoms with Crippen LogP contribution in [0.2, 0.25) is 10.0 Å². The van der Waals surface area contributed by atoms with Crippen molar-refractivity contribution in [2.75, 3.05) is 10.6 Å². The zero-order valence-electron chi connectivity index (χ0n) is 11.6. The molecule has 7 heteroatoms. The van der Waals surface area contributed by atoms with Crippen molar-refractivity contribution in [3.05, 3.63) is 70.1 Å². The van der Waals surface area contributed by atoms with Crippen LogP contribution in [0.4, 0.5) is 15.8 Å². The van der Waals surface area contributed by atoms with Crippen molar-refractivity contribution in [2.45, 2.75) is 0 Å². The monoisotopic (exact) mass is 349 g/mol. The average molecular weight is 350 g/mol. The Labute approximate surface area is 142 Å². The molecule has 1 amide bonds. The van der Waals surface area contributed by atoms with Gasteiger partial charge >= 0.3 is 0 Å². The van der Waals surface area contributed by atoms with Crippen molar-refractivity contribution in [2.24, 2.45) is 0 Å². The van der Waals surface area contributed by atoms with Gasteiger partial charge in [-0.15, -0.1) is 0 Å². The second kappa shape index (κ2) is 7.63. The van der Waals surface area contributed by atoms with Gasteiger partial charge in [-0.2, -0.15) is 5.26 Å². The standard InChI is InChI=1S/C16H10Cl2FN3O/c17-11-5-6-14(12(18)7-11)22-16(23)10(8-20)9-21-15-4-2-1-3-13(15)19/h1-7,9,21H,(H,22,23)/b10-9-. The Hall–Kier alpha value is -2.55. The molecule has 2 aromatic carbocycles. The van der Waals surface area contributed by atoms with Crippen LogP contribution in [-0.4, -0.2) is 5.91 Å². The van der Waals surface area contributed by atoms with Crippen LogP contribution in [-0.2, 0) is 4.79 Å². The molecule has 0 aliphatic heterocycles. The zero-order chi connectivity index (χ0) is 16.8. The molecule has 0 aromatic heterocycles. The number of hydrogen-bond donors (Lipinski definition) is 2. The molecule has 2 rings (SSSR count). The molecule has 0 unspecified atom stereocenters. The number of carbonyl (C=O) groups is 1. The van der Waals surface area contributed by atoms with Crippen LogP contribution in [0.1, 0.15) is 0 Å². The largest absolute Gasteiger partial charge is 0.358 e. The molecule has 0 bridgehead atoms. The lowest BCUT2D eigenvalue weighted by Gasteiger charge is -2.07.